The molecule has 2 aliphatic rings. The van der Waals surface area contributed by atoms with Gasteiger partial charge in [-0.3, -0.25) is 14.5 Å². The molecule has 1 aromatic heterocycles. The summed E-state index contributed by atoms with van der Waals surface area (Å²) in [5.74, 6) is 0.349. The maximum Gasteiger partial charge on any atom is 0.270 e. The van der Waals surface area contributed by atoms with Gasteiger partial charge in [-0.2, -0.15) is 0 Å². The molecule has 1 saturated heterocycles. The second kappa shape index (κ2) is 10.9. The van der Waals surface area contributed by atoms with Crippen LogP contribution in [0.5, 0.6) is 0 Å². The van der Waals surface area contributed by atoms with Crippen molar-refractivity contribution in [1.29, 1.82) is 0 Å². The van der Waals surface area contributed by atoms with Gasteiger partial charge in [0.05, 0.1) is 6.10 Å². The summed E-state index contributed by atoms with van der Waals surface area (Å²) in [4.78, 5) is 36.5. The maximum absolute atomic E-state index is 12.6. The van der Waals surface area contributed by atoms with E-state index < -0.39 is 6.10 Å². The fourth-order valence-electron chi connectivity index (χ4n) is 4.73. The van der Waals surface area contributed by atoms with Gasteiger partial charge in [-0.25, -0.2) is 9.97 Å². The van der Waals surface area contributed by atoms with Gasteiger partial charge >= 0.3 is 0 Å². The number of aryl methyl sites for hydroxylation is 1. The number of aromatic nitrogens is 2. The Morgan fingerprint density at radius 2 is 2.00 bits per heavy atom. The first-order valence-electron chi connectivity index (χ1n) is 12.0. The number of nitrogens with zero attached hydrogens (tertiary/aromatic N) is 4. The molecule has 1 unspecified atom stereocenters. The molecule has 0 aliphatic carbocycles. The number of carbonyl (C=O) groups excluding carboxylic acids is 2. The predicted octanol–water partition coefficient (Wildman–Crippen LogP) is 1.36. The number of anilines is 1. The number of hydrogen-bond donors (Lipinski definition) is 3. The molecule has 2 aromatic rings. The van der Waals surface area contributed by atoms with Crippen molar-refractivity contribution in [2.45, 2.75) is 51.8 Å². The van der Waals surface area contributed by atoms with E-state index in [1.54, 1.807) is 13.0 Å². The molecule has 0 bridgehead atoms. The van der Waals surface area contributed by atoms with Crippen molar-refractivity contribution in [2.24, 2.45) is 0 Å². The van der Waals surface area contributed by atoms with E-state index in [0.29, 0.717) is 25.5 Å². The Labute approximate surface area is 200 Å². The Bertz CT molecular complexity index is 1020. The average Bonchev–Trinajstić information content (AvgIpc) is 2.83. The smallest absolute Gasteiger partial charge is 0.270 e. The molecular weight excluding hydrogens is 432 g/mol. The van der Waals surface area contributed by atoms with Gasteiger partial charge in [0.2, 0.25) is 5.91 Å². The molecule has 34 heavy (non-hydrogen) atoms. The summed E-state index contributed by atoms with van der Waals surface area (Å²) < 4.78 is 0. The van der Waals surface area contributed by atoms with E-state index in [9.17, 15) is 14.7 Å². The topological polar surface area (TPSA) is 111 Å². The summed E-state index contributed by atoms with van der Waals surface area (Å²) in [6.45, 7) is 7.52. The lowest BCUT2D eigenvalue weighted by atomic mass is 9.95. The second-order valence-corrected chi connectivity index (χ2v) is 9.27. The van der Waals surface area contributed by atoms with Gasteiger partial charge in [-0.15, -0.1) is 0 Å². The summed E-state index contributed by atoms with van der Waals surface area (Å²) in [5, 5.41) is 16.6. The molecule has 4 rings (SSSR count). The second-order valence-electron chi connectivity index (χ2n) is 9.27. The maximum atomic E-state index is 12.6. The van der Waals surface area contributed by atoms with E-state index in [0.717, 1.165) is 32.4 Å². The van der Waals surface area contributed by atoms with Crippen LogP contribution in [0.3, 0.4) is 0 Å². The Morgan fingerprint density at radius 1 is 1.21 bits per heavy atom. The van der Waals surface area contributed by atoms with Crippen molar-refractivity contribution in [2.75, 3.05) is 38.0 Å². The lowest BCUT2D eigenvalue weighted by Crippen LogP contribution is -2.42. The highest BCUT2D eigenvalue weighted by Crippen LogP contribution is 2.22. The minimum Gasteiger partial charge on any atom is -0.390 e. The van der Waals surface area contributed by atoms with E-state index in [2.05, 4.69) is 50.6 Å². The summed E-state index contributed by atoms with van der Waals surface area (Å²) >= 11 is 0. The number of likely N-dealkylation sites (tertiary alicyclic amines) is 1. The molecule has 1 aromatic carbocycles. The van der Waals surface area contributed by atoms with E-state index in [4.69, 9.17) is 0 Å². The largest absolute Gasteiger partial charge is 0.390 e. The monoisotopic (exact) mass is 466 g/mol. The molecule has 0 saturated carbocycles. The molecule has 1 atom stereocenters. The number of β-amino-alcohol motifs (C(OH)–C–C–N with tert-alkyl or cyclic N) is 1. The molecule has 2 amide bonds. The van der Waals surface area contributed by atoms with Crippen LogP contribution in [0.2, 0.25) is 0 Å². The number of piperidine rings is 1. The van der Waals surface area contributed by atoms with Crippen LogP contribution in [0.25, 0.3) is 0 Å². The van der Waals surface area contributed by atoms with Gasteiger partial charge in [0, 0.05) is 58.3 Å². The summed E-state index contributed by atoms with van der Waals surface area (Å²) in [7, 11) is 0. The first-order valence-corrected chi connectivity index (χ1v) is 12.0. The number of fused-ring (bicyclic) bond motifs is 1. The van der Waals surface area contributed by atoms with Crippen molar-refractivity contribution in [3.8, 4) is 0 Å². The van der Waals surface area contributed by atoms with Crippen molar-refractivity contribution in [1.82, 2.24) is 25.1 Å². The number of amides is 2. The van der Waals surface area contributed by atoms with Crippen LogP contribution >= 0.6 is 0 Å². The first kappa shape index (κ1) is 24.1. The molecule has 9 nitrogen and oxygen atoms in total. The van der Waals surface area contributed by atoms with E-state index >= 15 is 0 Å². The van der Waals surface area contributed by atoms with Crippen molar-refractivity contribution >= 4 is 17.6 Å². The molecule has 182 valence electrons. The van der Waals surface area contributed by atoms with E-state index in [-0.39, 0.29) is 30.1 Å². The van der Waals surface area contributed by atoms with Crippen molar-refractivity contribution in [3.63, 3.8) is 0 Å². The normalized spacial score (nSPS) is 17.7. The van der Waals surface area contributed by atoms with Gasteiger partial charge in [0.1, 0.15) is 17.8 Å². The third-order valence-corrected chi connectivity index (χ3v) is 6.75. The van der Waals surface area contributed by atoms with Crippen LogP contribution < -0.4 is 10.6 Å². The van der Waals surface area contributed by atoms with Crippen LogP contribution in [0.1, 0.15) is 46.9 Å². The minimum absolute atomic E-state index is 0.0989. The molecule has 2 aliphatic heterocycles. The number of aliphatic hydroxyl groups excluding tert-OH is 1. The lowest BCUT2D eigenvalue weighted by molar-refractivity contribution is -0.129. The lowest BCUT2D eigenvalue weighted by Gasteiger charge is -2.32. The number of benzene rings is 1. The minimum atomic E-state index is -0.666. The Morgan fingerprint density at radius 3 is 2.76 bits per heavy atom. The number of rotatable bonds is 7. The standard InChI is InChI=1S/C25H34N6O3/c1-17-4-3-5-19-6-9-30(15-22(17)19)14-21(33)13-26-25(34)23-12-24(28-16-27-23)29-20-7-10-31(11-8-20)18(2)32/h3-5,12,16,20-21,33H,6-11,13-15H2,1-2H3,(H,26,34)(H,27,28,29). The fourth-order valence-corrected chi connectivity index (χ4v) is 4.73. The zero-order valence-corrected chi connectivity index (χ0v) is 20.0. The van der Waals surface area contributed by atoms with E-state index in [1.165, 1.54) is 23.0 Å². The third-order valence-electron chi connectivity index (χ3n) is 6.75. The number of aliphatic hydroxyl groups is 1. The predicted molar refractivity (Wildman–Crippen MR) is 129 cm³/mol. The molecule has 3 heterocycles. The quantitative estimate of drug-likeness (QED) is 0.565. The zero-order valence-electron chi connectivity index (χ0n) is 20.0. The van der Waals surface area contributed by atoms with Gasteiger partial charge in [-0.05, 0) is 42.9 Å². The van der Waals surface area contributed by atoms with Crippen LogP contribution in [0, 0.1) is 6.92 Å². The van der Waals surface area contributed by atoms with Crippen molar-refractivity contribution in [3.05, 3.63) is 53.0 Å². The zero-order chi connectivity index (χ0) is 24.1. The Hall–Kier alpha value is -3.04. The SMILES string of the molecule is CC(=O)N1CCC(Nc2cc(C(=O)NCC(O)CN3CCc4cccc(C)c4C3)ncn2)CC1. The third kappa shape index (κ3) is 6.09. The van der Waals surface area contributed by atoms with Crippen LogP contribution in [-0.4, -0.2) is 81.6 Å². The molecule has 1 fully saturated rings. The molecule has 0 radical (unpaired) electrons. The van der Waals surface area contributed by atoms with Gasteiger partial charge in [0.25, 0.3) is 5.91 Å². The Kier molecular flexibility index (Phi) is 7.74. The highest BCUT2D eigenvalue weighted by molar-refractivity contribution is 5.92. The highest BCUT2D eigenvalue weighted by Gasteiger charge is 2.22. The van der Waals surface area contributed by atoms with E-state index in [1.807, 2.05) is 4.90 Å². The Balaban J connectivity index is 1.24. The average molecular weight is 467 g/mol. The number of carbonyl (C=O) groups is 2. The number of hydrogen-bond acceptors (Lipinski definition) is 7. The van der Waals surface area contributed by atoms with Gasteiger partial charge in [0.15, 0.2) is 0 Å². The van der Waals surface area contributed by atoms with Crippen LogP contribution in [0.15, 0.2) is 30.6 Å². The summed E-state index contributed by atoms with van der Waals surface area (Å²) in [6, 6.07) is 8.22. The van der Waals surface area contributed by atoms with Gasteiger partial charge < -0.3 is 20.6 Å². The van der Waals surface area contributed by atoms with Crippen LogP contribution in [0.4, 0.5) is 5.82 Å². The molecular formula is C25H34N6O3. The molecule has 3 N–H and O–H groups in total. The number of nitrogens with one attached hydrogen (secondary N) is 2. The highest BCUT2D eigenvalue weighted by atomic mass is 16.3. The first-order chi connectivity index (χ1) is 16.4. The van der Waals surface area contributed by atoms with Gasteiger partial charge in [-0.1, -0.05) is 18.2 Å². The van der Waals surface area contributed by atoms with Crippen molar-refractivity contribution < 1.29 is 14.7 Å². The summed E-state index contributed by atoms with van der Waals surface area (Å²) in [5.41, 5.74) is 4.27. The molecule has 0 spiro atoms. The fraction of sp³-hybridized carbons (Fsp3) is 0.520. The summed E-state index contributed by atoms with van der Waals surface area (Å²) in [6.07, 6.45) is 3.34. The van der Waals surface area contributed by atoms with Crippen LogP contribution in [-0.2, 0) is 17.8 Å². The molecule has 9 heteroatoms.